The predicted octanol–water partition coefficient (Wildman–Crippen LogP) is 1.64. The second-order valence-electron chi connectivity index (χ2n) is 7.70. The number of hydrogen-bond acceptors (Lipinski definition) is 4. The number of para-hydroxylation sites is 1. The van der Waals surface area contributed by atoms with Crippen molar-refractivity contribution in [2.45, 2.75) is 19.5 Å². The summed E-state index contributed by atoms with van der Waals surface area (Å²) in [5, 5.41) is 1.28. The number of morpholine rings is 1. The number of rotatable bonds is 5. The minimum atomic E-state index is 0.245. The number of likely N-dealkylation sites (N-methyl/N-ethyl adjacent to an activating group) is 1. The van der Waals surface area contributed by atoms with Crippen LogP contribution in [0.25, 0.3) is 10.9 Å². The number of fused-ring (bicyclic) bond motifs is 1. The fourth-order valence-electron chi connectivity index (χ4n) is 4.06. The van der Waals surface area contributed by atoms with Gasteiger partial charge in [-0.3, -0.25) is 9.69 Å². The highest BCUT2D eigenvalue weighted by molar-refractivity contribution is 5.85. The van der Waals surface area contributed by atoms with E-state index in [1.165, 1.54) is 16.5 Å². The van der Waals surface area contributed by atoms with Gasteiger partial charge in [0.2, 0.25) is 5.91 Å². The van der Waals surface area contributed by atoms with Crippen LogP contribution in [-0.2, 0) is 22.6 Å². The third kappa shape index (κ3) is 4.34. The van der Waals surface area contributed by atoms with E-state index in [1.807, 2.05) is 4.90 Å². The van der Waals surface area contributed by atoms with Crippen molar-refractivity contribution >= 4 is 16.8 Å². The van der Waals surface area contributed by atoms with Crippen molar-refractivity contribution in [1.82, 2.24) is 19.3 Å². The maximum atomic E-state index is 12.5. The van der Waals surface area contributed by atoms with Gasteiger partial charge < -0.3 is 19.1 Å². The van der Waals surface area contributed by atoms with Crippen molar-refractivity contribution in [2.75, 3.05) is 59.5 Å². The summed E-state index contributed by atoms with van der Waals surface area (Å²) in [5.74, 6) is 0.245. The zero-order chi connectivity index (χ0) is 18.6. The average molecular weight is 370 g/mol. The smallest absolute Gasteiger partial charge is 0.223 e. The van der Waals surface area contributed by atoms with E-state index in [9.17, 15) is 4.79 Å². The zero-order valence-corrected chi connectivity index (χ0v) is 16.3. The minimum Gasteiger partial charge on any atom is -0.378 e. The van der Waals surface area contributed by atoms with Crippen LogP contribution in [0, 0.1) is 0 Å². The lowest BCUT2D eigenvalue weighted by Gasteiger charge is -2.32. The third-order valence-electron chi connectivity index (χ3n) is 5.79. The van der Waals surface area contributed by atoms with E-state index < -0.39 is 0 Å². The van der Waals surface area contributed by atoms with Crippen molar-refractivity contribution in [3.8, 4) is 0 Å². The highest BCUT2D eigenvalue weighted by Crippen LogP contribution is 2.23. The van der Waals surface area contributed by atoms with Crippen LogP contribution < -0.4 is 0 Å². The van der Waals surface area contributed by atoms with Crippen LogP contribution in [0.3, 0.4) is 0 Å². The van der Waals surface area contributed by atoms with Gasteiger partial charge in [0.15, 0.2) is 0 Å². The molecule has 2 aromatic rings. The number of hydrogen-bond donors (Lipinski definition) is 0. The van der Waals surface area contributed by atoms with Gasteiger partial charge in [-0.05, 0) is 25.1 Å². The number of carbonyl (C=O) groups excluding carboxylic acids is 1. The number of ether oxygens (including phenoxy) is 1. The quantitative estimate of drug-likeness (QED) is 0.802. The van der Waals surface area contributed by atoms with Crippen molar-refractivity contribution in [3.05, 3.63) is 36.0 Å². The molecule has 1 aromatic carbocycles. The summed E-state index contributed by atoms with van der Waals surface area (Å²) in [4.78, 5) is 19.3. The molecule has 0 bridgehead atoms. The Labute approximate surface area is 161 Å². The van der Waals surface area contributed by atoms with Crippen molar-refractivity contribution in [1.29, 1.82) is 0 Å². The first-order valence-electron chi connectivity index (χ1n) is 10.0. The van der Waals surface area contributed by atoms with Crippen LogP contribution in [0.2, 0.25) is 0 Å². The molecule has 6 heteroatoms. The van der Waals surface area contributed by atoms with Crippen LogP contribution in [0.4, 0.5) is 0 Å². The molecule has 3 heterocycles. The lowest BCUT2D eigenvalue weighted by atomic mass is 10.1. The fourth-order valence-corrected chi connectivity index (χ4v) is 4.06. The van der Waals surface area contributed by atoms with Gasteiger partial charge in [-0.2, -0.15) is 0 Å². The molecule has 0 atom stereocenters. The largest absolute Gasteiger partial charge is 0.378 e. The molecule has 6 nitrogen and oxygen atoms in total. The second kappa shape index (κ2) is 8.42. The maximum absolute atomic E-state index is 12.5. The van der Waals surface area contributed by atoms with Crippen LogP contribution in [0.15, 0.2) is 30.5 Å². The maximum Gasteiger partial charge on any atom is 0.223 e. The highest BCUT2D eigenvalue weighted by Gasteiger charge is 2.19. The van der Waals surface area contributed by atoms with E-state index in [0.717, 1.165) is 52.4 Å². The van der Waals surface area contributed by atoms with E-state index in [2.05, 4.69) is 51.9 Å². The Morgan fingerprint density at radius 2 is 1.78 bits per heavy atom. The molecule has 0 unspecified atom stereocenters. The summed E-state index contributed by atoms with van der Waals surface area (Å²) in [6, 6.07) is 8.57. The molecule has 4 rings (SSSR count). The molecule has 0 saturated carbocycles. The molecule has 2 aliphatic heterocycles. The summed E-state index contributed by atoms with van der Waals surface area (Å²) >= 11 is 0. The summed E-state index contributed by atoms with van der Waals surface area (Å²) < 4.78 is 7.70. The Morgan fingerprint density at radius 1 is 1.04 bits per heavy atom. The van der Waals surface area contributed by atoms with Gasteiger partial charge in [-0.1, -0.05) is 18.2 Å². The predicted molar refractivity (Wildman–Crippen MR) is 107 cm³/mol. The molecular formula is C21H30N4O2. The zero-order valence-electron chi connectivity index (χ0n) is 16.3. The molecule has 0 spiro atoms. The lowest BCUT2D eigenvalue weighted by molar-refractivity contribution is -0.135. The minimum absolute atomic E-state index is 0.245. The summed E-state index contributed by atoms with van der Waals surface area (Å²) in [5.41, 5.74) is 2.55. The number of nitrogens with zero attached hydrogens (tertiary/aromatic N) is 4. The Kier molecular flexibility index (Phi) is 5.76. The highest BCUT2D eigenvalue weighted by atomic mass is 16.5. The number of carbonyl (C=O) groups is 1. The average Bonchev–Trinajstić information content (AvgIpc) is 3.06. The summed E-state index contributed by atoms with van der Waals surface area (Å²) in [6.45, 7) is 8.16. The Hall–Kier alpha value is -1.89. The SMILES string of the molecule is CN1CCN(Cn2cc(CCC(=O)N3CCOCC3)c3ccccc32)CC1. The van der Waals surface area contributed by atoms with Gasteiger partial charge in [0.25, 0.3) is 0 Å². The molecule has 0 aliphatic carbocycles. The molecule has 0 radical (unpaired) electrons. The first-order chi connectivity index (χ1) is 13.2. The molecule has 1 aromatic heterocycles. The van der Waals surface area contributed by atoms with Crippen LogP contribution >= 0.6 is 0 Å². The number of aromatic nitrogens is 1. The molecule has 1 amide bonds. The van der Waals surface area contributed by atoms with Crippen LogP contribution in [0.5, 0.6) is 0 Å². The Morgan fingerprint density at radius 3 is 2.56 bits per heavy atom. The number of benzene rings is 1. The molecule has 2 fully saturated rings. The van der Waals surface area contributed by atoms with Crippen LogP contribution in [-0.4, -0.2) is 84.7 Å². The first kappa shape index (κ1) is 18.5. The van der Waals surface area contributed by atoms with E-state index in [4.69, 9.17) is 4.74 Å². The molecule has 146 valence electrons. The van der Waals surface area contributed by atoms with Gasteiger partial charge in [0.1, 0.15) is 0 Å². The lowest BCUT2D eigenvalue weighted by Crippen LogP contribution is -2.44. The molecular weight excluding hydrogens is 340 g/mol. The number of amides is 1. The molecule has 27 heavy (non-hydrogen) atoms. The third-order valence-corrected chi connectivity index (χ3v) is 5.79. The van der Waals surface area contributed by atoms with Crippen LogP contribution in [0.1, 0.15) is 12.0 Å². The monoisotopic (exact) mass is 370 g/mol. The van der Waals surface area contributed by atoms with E-state index in [-0.39, 0.29) is 5.91 Å². The Bertz CT molecular complexity index is 774. The molecule has 2 saturated heterocycles. The molecule has 2 aliphatic rings. The van der Waals surface area contributed by atoms with E-state index in [1.54, 1.807) is 0 Å². The molecule has 0 N–H and O–H groups in total. The van der Waals surface area contributed by atoms with E-state index >= 15 is 0 Å². The van der Waals surface area contributed by atoms with Crippen molar-refractivity contribution in [2.24, 2.45) is 0 Å². The Balaban J connectivity index is 1.45. The van der Waals surface area contributed by atoms with Crippen molar-refractivity contribution < 1.29 is 9.53 Å². The number of piperazine rings is 1. The fraction of sp³-hybridized carbons (Fsp3) is 0.571. The van der Waals surface area contributed by atoms with Crippen molar-refractivity contribution in [3.63, 3.8) is 0 Å². The first-order valence-corrected chi connectivity index (χ1v) is 10.0. The van der Waals surface area contributed by atoms with Gasteiger partial charge in [0, 0.05) is 62.8 Å². The van der Waals surface area contributed by atoms with Gasteiger partial charge in [-0.25, -0.2) is 0 Å². The van der Waals surface area contributed by atoms with Gasteiger partial charge >= 0.3 is 0 Å². The standard InChI is InChI=1S/C21H30N4O2/c1-22-8-10-23(11-9-22)17-25-16-18(19-4-2-3-5-20(19)25)6-7-21(26)24-12-14-27-15-13-24/h2-5,16H,6-15,17H2,1H3. The second-order valence-corrected chi connectivity index (χ2v) is 7.70. The normalized spacial score (nSPS) is 19.7. The van der Waals surface area contributed by atoms with Gasteiger partial charge in [-0.15, -0.1) is 0 Å². The summed E-state index contributed by atoms with van der Waals surface area (Å²) in [6.07, 6.45) is 3.63. The van der Waals surface area contributed by atoms with Gasteiger partial charge in [0.05, 0.1) is 19.9 Å². The number of aryl methyl sites for hydroxylation is 1. The topological polar surface area (TPSA) is 41.0 Å². The summed E-state index contributed by atoms with van der Waals surface area (Å²) in [7, 11) is 2.19. The van der Waals surface area contributed by atoms with E-state index in [0.29, 0.717) is 19.6 Å².